The molecule has 1 fully saturated rings. The Morgan fingerprint density at radius 1 is 1.39 bits per heavy atom. The van der Waals surface area contributed by atoms with Gasteiger partial charge in [-0.2, -0.15) is 0 Å². The molecule has 18 heavy (non-hydrogen) atoms. The highest BCUT2D eigenvalue weighted by atomic mass is 16.1. The summed E-state index contributed by atoms with van der Waals surface area (Å²) in [6, 6.07) is 8.59. The van der Waals surface area contributed by atoms with Crippen LogP contribution in [0.25, 0.3) is 0 Å². The van der Waals surface area contributed by atoms with Crippen molar-refractivity contribution in [3.05, 3.63) is 35.4 Å². The lowest BCUT2D eigenvalue weighted by Gasteiger charge is -2.21. The number of carbonyl (C=O) groups is 1. The number of hydrogen-bond acceptors (Lipinski definition) is 2. The molecule has 0 heterocycles. The molecule has 1 aromatic rings. The second-order valence-electron chi connectivity index (χ2n) is 5.37. The summed E-state index contributed by atoms with van der Waals surface area (Å²) in [4.78, 5) is 12.0. The first-order valence-corrected chi connectivity index (χ1v) is 6.69. The van der Waals surface area contributed by atoms with Crippen LogP contribution < -0.4 is 11.1 Å². The molecule has 1 amide bonds. The number of benzene rings is 1. The molecule has 1 aliphatic rings. The molecule has 0 bridgehead atoms. The van der Waals surface area contributed by atoms with E-state index in [0.717, 1.165) is 0 Å². The molecule has 3 heteroatoms. The first-order valence-electron chi connectivity index (χ1n) is 6.69. The summed E-state index contributed by atoms with van der Waals surface area (Å²) in [5.74, 6) is 0.549. The van der Waals surface area contributed by atoms with Gasteiger partial charge in [0.25, 0.3) is 0 Å². The summed E-state index contributed by atoms with van der Waals surface area (Å²) in [6.45, 7) is 4.34. The van der Waals surface area contributed by atoms with Crippen LogP contribution in [0, 0.1) is 18.8 Å². The molecule has 1 aliphatic carbocycles. The number of rotatable bonds is 5. The van der Waals surface area contributed by atoms with E-state index < -0.39 is 0 Å². The minimum Gasteiger partial charge on any atom is -0.349 e. The van der Waals surface area contributed by atoms with Crippen LogP contribution in [0.2, 0.25) is 0 Å². The third-order valence-electron chi connectivity index (χ3n) is 3.63. The van der Waals surface area contributed by atoms with Gasteiger partial charge in [-0.15, -0.1) is 0 Å². The molecule has 1 saturated carbocycles. The Labute approximate surface area is 109 Å². The van der Waals surface area contributed by atoms with Crippen LogP contribution in [0.15, 0.2) is 24.3 Å². The highest BCUT2D eigenvalue weighted by molar-refractivity contribution is 5.79. The van der Waals surface area contributed by atoms with Crippen LogP contribution in [0.5, 0.6) is 0 Å². The van der Waals surface area contributed by atoms with Gasteiger partial charge in [0.1, 0.15) is 0 Å². The topological polar surface area (TPSA) is 55.1 Å². The average molecular weight is 246 g/mol. The fourth-order valence-corrected chi connectivity index (χ4v) is 2.08. The zero-order chi connectivity index (χ0) is 13.1. The molecule has 0 aromatic heterocycles. The molecule has 2 atom stereocenters. The SMILES string of the molecule is Cc1ccc(C(NC(=O)C(C)CN)C2CC2)cc1. The molecular formula is C15H22N2O. The van der Waals surface area contributed by atoms with Crippen molar-refractivity contribution in [2.24, 2.45) is 17.6 Å². The average Bonchev–Trinajstić information content (AvgIpc) is 3.20. The van der Waals surface area contributed by atoms with Gasteiger partial charge in [-0.05, 0) is 31.2 Å². The van der Waals surface area contributed by atoms with Gasteiger partial charge in [0.15, 0.2) is 0 Å². The maximum Gasteiger partial charge on any atom is 0.224 e. The van der Waals surface area contributed by atoms with Gasteiger partial charge in [-0.25, -0.2) is 0 Å². The van der Waals surface area contributed by atoms with E-state index in [0.29, 0.717) is 12.5 Å². The summed E-state index contributed by atoms with van der Waals surface area (Å²) >= 11 is 0. The van der Waals surface area contributed by atoms with Crippen LogP contribution in [0.4, 0.5) is 0 Å². The van der Waals surface area contributed by atoms with Gasteiger partial charge < -0.3 is 11.1 Å². The predicted molar refractivity (Wildman–Crippen MR) is 73.0 cm³/mol. The fraction of sp³-hybridized carbons (Fsp3) is 0.533. The third kappa shape index (κ3) is 3.10. The monoisotopic (exact) mass is 246 g/mol. The minimum absolute atomic E-state index is 0.0648. The molecular weight excluding hydrogens is 224 g/mol. The second kappa shape index (κ2) is 5.53. The Balaban J connectivity index is 2.09. The molecule has 98 valence electrons. The smallest absolute Gasteiger partial charge is 0.224 e. The van der Waals surface area contributed by atoms with Crippen molar-refractivity contribution in [1.82, 2.24) is 5.32 Å². The quantitative estimate of drug-likeness (QED) is 0.836. The number of carbonyl (C=O) groups excluding carboxylic acids is 1. The van der Waals surface area contributed by atoms with E-state index in [1.54, 1.807) is 0 Å². The Kier molecular flexibility index (Phi) is 4.02. The van der Waals surface area contributed by atoms with Gasteiger partial charge in [0.2, 0.25) is 5.91 Å². The van der Waals surface area contributed by atoms with Crippen molar-refractivity contribution in [3.63, 3.8) is 0 Å². The zero-order valence-corrected chi connectivity index (χ0v) is 11.1. The molecule has 0 saturated heterocycles. The van der Waals surface area contributed by atoms with E-state index in [9.17, 15) is 4.79 Å². The summed E-state index contributed by atoms with van der Waals surface area (Å²) in [6.07, 6.45) is 2.41. The molecule has 3 nitrogen and oxygen atoms in total. The molecule has 0 spiro atoms. The molecule has 0 radical (unpaired) electrons. The number of hydrogen-bond donors (Lipinski definition) is 2. The van der Waals surface area contributed by atoms with Gasteiger partial charge in [-0.1, -0.05) is 36.8 Å². The van der Waals surface area contributed by atoms with Crippen molar-refractivity contribution < 1.29 is 4.79 Å². The van der Waals surface area contributed by atoms with E-state index in [4.69, 9.17) is 5.73 Å². The van der Waals surface area contributed by atoms with E-state index >= 15 is 0 Å². The Bertz CT molecular complexity index is 409. The summed E-state index contributed by atoms with van der Waals surface area (Å²) in [5, 5.41) is 3.15. The van der Waals surface area contributed by atoms with Gasteiger partial charge in [-0.3, -0.25) is 4.79 Å². The maximum atomic E-state index is 12.0. The van der Waals surface area contributed by atoms with Crippen molar-refractivity contribution in [2.75, 3.05) is 6.54 Å². The first kappa shape index (κ1) is 13.1. The van der Waals surface area contributed by atoms with Gasteiger partial charge >= 0.3 is 0 Å². The minimum atomic E-state index is -0.114. The zero-order valence-electron chi connectivity index (χ0n) is 11.1. The van der Waals surface area contributed by atoms with Crippen LogP contribution >= 0.6 is 0 Å². The summed E-state index contributed by atoms with van der Waals surface area (Å²) < 4.78 is 0. The summed E-state index contributed by atoms with van der Waals surface area (Å²) in [5.41, 5.74) is 7.99. The normalized spacial score (nSPS) is 18.2. The highest BCUT2D eigenvalue weighted by Gasteiger charge is 2.33. The lowest BCUT2D eigenvalue weighted by Crippen LogP contribution is -2.36. The lowest BCUT2D eigenvalue weighted by molar-refractivity contribution is -0.125. The van der Waals surface area contributed by atoms with Gasteiger partial charge in [0.05, 0.1) is 6.04 Å². The van der Waals surface area contributed by atoms with E-state index in [1.807, 2.05) is 6.92 Å². The summed E-state index contributed by atoms with van der Waals surface area (Å²) in [7, 11) is 0. The largest absolute Gasteiger partial charge is 0.349 e. The molecule has 2 unspecified atom stereocenters. The van der Waals surface area contributed by atoms with Crippen molar-refractivity contribution in [1.29, 1.82) is 0 Å². The predicted octanol–water partition coefficient (Wildman–Crippen LogP) is 2.16. The first-order chi connectivity index (χ1) is 8.61. The maximum absolute atomic E-state index is 12.0. The fourth-order valence-electron chi connectivity index (χ4n) is 2.08. The molecule has 2 rings (SSSR count). The molecule has 3 N–H and O–H groups in total. The number of aryl methyl sites for hydroxylation is 1. The van der Waals surface area contributed by atoms with E-state index in [-0.39, 0.29) is 17.9 Å². The van der Waals surface area contributed by atoms with Crippen molar-refractivity contribution in [2.45, 2.75) is 32.7 Å². The standard InChI is InChI=1S/C15H22N2O/c1-10-3-5-12(6-4-10)14(13-7-8-13)17-15(18)11(2)9-16/h3-6,11,13-14H,7-9,16H2,1-2H3,(H,17,18). The lowest BCUT2D eigenvalue weighted by atomic mass is 10.00. The van der Waals surface area contributed by atoms with Crippen LogP contribution in [0.3, 0.4) is 0 Å². The Morgan fingerprint density at radius 3 is 2.50 bits per heavy atom. The highest BCUT2D eigenvalue weighted by Crippen LogP contribution is 2.41. The Morgan fingerprint density at radius 2 is 2.00 bits per heavy atom. The second-order valence-corrected chi connectivity index (χ2v) is 5.37. The number of amides is 1. The van der Waals surface area contributed by atoms with E-state index in [2.05, 4.69) is 36.5 Å². The van der Waals surface area contributed by atoms with E-state index in [1.165, 1.54) is 24.0 Å². The Hall–Kier alpha value is -1.35. The van der Waals surface area contributed by atoms with Crippen molar-refractivity contribution in [3.8, 4) is 0 Å². The van der Waals surface area contributed by atoms with Crippen LogP contribution in [-0.2, 0) is 4.79 Å². The van der Waals surface area contributed by atoms with Gasteiger partial charge in [0, 0.05) is 12.5 Å². The van der Waals surface area contributed by atoms with Crippen molar-refractivity contribution >= 4 is 5.91 Å². The molecule has 0 aliphatic heterocycles. The van der Waals surface area contributed by atoms with Crippen LogP contribution in [-0.4, -0.2) is 12.5 Å². The molecule has 1 aromatic carbocycles. The number of nitrogens with two attached hydrogens (primary N) is 1. The van der Waals surface area contributed by atoms with Crippen LogP contribution in [0.1, 0.15) is 36.9 Å². The third-order valence-corrected chi connectivity index (χ3v) is 3.63. The number of nitrogens with one attached hydrogen (secondary N) is 1.